The smallest absolute Gasteiger partial charge is 0.236 e. The van der Waals surface area contributed by atoms with Gasteiger partial charge in [-0.3, -0.25) is 9.69 Å². The third-order valence-electron chi connectivity index (χ3n) is 5.53. The average molecular weight is 373 g/mol. The number of likely N-dealkylation sites (tertiary alicyclic amines) is 1. The Balaban J connectivity index is 1.44. The van der Waals surface area contributed by atoms with Gasteiger partial charge in [-0.1, -0.05) is 36.4 Å². The number of allylic oxidation sites excluding steroid dienone is 1. The maximum atomic E-state index is 12.5. The fourth-order valence-corrected chi connectivity index (χ4v) is 3.64. The van der Waals surface area contributed by atoms with Crippen LogP contribution in [0.3, 0.4) is 0 Å². The molecule has 1 amide bonds. The van der Waals surface area contributed by atoms with E-state index >= 15 is 0 Å². The third-order valence-corrected chi connectivity index (χ3v) is 5.53. The molecule has 2 fully saturated rings. The zero-order valence-corrected chi connectivity index (χ0v) is 16.6. The number of carbonyl (C=O) groups excluding carboxylic acids is 1. The Morgan fingerprint density at radius 3 is 2.37 bits per heavy atom. The van der Waals surface area contributed by atoms with Gasteiger partial charge in [-0.25, -0.2) is 0 Å². The summed E-state index contributed by atoms with van der Waals surface area (Å²) in [5, 5.41) is 10.0. The number of ether oxygens (including phenoxy) is 1. The highest BCUT2D eigenvalue weighted by Gasteiger charge is 2.23. The molecule has 0 spiro atoms. The molecule has 148 valence electrons. The second-order valence-corrected chi connectivity index (χ2v) is 8.15. The summed E-state index contributed by atoms with van der Waals surface area (Å²) in [5.41, 5.74) is 1.27. The van der Waals surface area contributed by atoms with Gasteiger partial charge in [0.2, 0.25) is 5.91 Å². The first kappa shape index (κ1) is 20.1. The van der Waals surface area contributed by atoms with E-state index in [1.165, 1.54) is 0 Å². The van der Waals surface area contributed by atoms with Crippen molar-refractivity contribution in [1.29, 1.82) is 0 Å². The summed E-state index contributed by atoms with van der Waals surface area (Å²) in [6, 6.07) is 8.05. The van der Waals surface area contributed by atoms with Crippen molar-refractivity contribution >= 4 is 12.0 Å². The third kappa shape index (κ3) is 5.89. The van der Waals surface area contributed by atoms with Crippen molar-refractivity contribution in [1.82, 2.24) is 9.80 Å². The molecular weight excluding hydrogens is 340 g/mol. The number of aliphatic hydroxyl groups is 1. The highest BCUT2D eigenvalue weighted by atomic mass is 16.5. The molecule has 1 N–H and O–H groups in total. The number of morpholine rings is 1. The van der Waals surface area contributed by atoms with Crippen LogP contribution < -0.4 is 0 Å². The molecule has 0 aromatic heterocycles. The van der Waals surface area contributed by atoms with Crippen molar-refractivity contribution in [2.75, 3.05) is 45.9 Å². The number of hydrogen-bond donors (Lipinski definition) is 1. The molecule has 5 nitrogen and oxygen atoms in total. The highest BCUT2D eigenvalue weighted by molar-refractivity contribution is 5.78. The lowest BCUT2D eigenvalue weighted by Gasteiger charge is -2.33. The molecule has 0 aliphatic carbocycles. The van der Waals surface area contributed by atoms with Crippen LogP contribution in [-0.2, 0) is 15.1 Å². The monoisotopic (exact) mass is 372 g/mol. The minimum Gasteiger partial charge on any atom is -0.386 e. The number of carbonyl (C=O) groups is 1. The van der Waals surface area contributed by atoms with E-state index in [1.54, 1.807) is 13.8 Å². The van der Waals surface area contributed by atoms with Crippen LogP contribution >= 0.6 is 0 Å². The molecule has 0 bridgehead atoms. The fraction of sp³-hybridized carbons (Fsp3) is 0.591. The number of piperidine rings is 1. The van der Waals surface area contributed by atoms with E-state index in [0.29, 0.717) is 12.5 Å². The largest absolute Gasteiger partial charge is 0.386 e. The van der Waals surface area contributed by atoms with Crippen LogP contribution in [0.15, 0.2) is 30.3 Å². The molecule has 3 rings (SSSR count). The van der Waals surface area contributed by atoms with Gasteiger partial charge in [-0.15, -0.1) is 0 Å². The Bertz CT molecular complexity index is 635. The second-order valence-electron chi connectivity index (χ2n) is 8.15. The molecule has 27 heavy (non-hydrogen) atoms. The van der Waals surface area contributed by atoms with E-state index in [9.17, 15) is 9.90 Å². The first-order chi connectivity index (χ1) is 12.9. The summed E-state index contributed by atoms with van der Waals surface area (Å²) in [6.45, 7) is 8.99. The molecule has 0 unspecified atom stereocenters. The molecule has 0 radical (unpaired) electrons. The fourth-order valence-electron chi connectivity index (χ4n) is 3.64. The summed E-state index contributed by atoms with van der Waals surface area (Å²) in [5.74, 6) is 0.771. The summed E-state index contributed by atoms with van der Waals surface area (Å²) >= 11 is 0. The summed E-state index contributed by atoms with van der Waals surface area (Å²) in [7, 11) is 0. The number of amides is 1. The van der Waals surface area contributed by atoms with Crippen molar-refractivity contribution in [2.45, 2.75) is 32.3 Å². The molecule has 0 atom stereocenters. The normalized spacial score (nSPS) is 20.3. The molecule has 2 aliphatic rings. The minimum absolute atomic E-state index is 0.251. The van der Waals surface area contributed by atoms with Crippen LogP contribution in [0.25, 0.3) is 6.08 Å². The zero-order valence-electron chi connectivity index (χ0n) is 16.6. The molecule has 2 saturated heterocycles. The van der Waals surface area contributed by atoms with Crippen LogP contribution in [-0.4, -0.2) is 66.8 Å². The van der Waals surface area contributed by atoms with Gasteiger partial charge in [0.15, 0.2) is 0 Å². The summed E-state index contributed by atoms with van der Waals surface area (Å²) in [4.78, 5) is 16.7. The van der Waals surface area contributed by atoms with E-state index < -0.39 is 5.60 Å². The average Bonchev–Trinajstić information content (AvgIpc) is 2.67. The van der Waals surface area contributed by atoms with E-state index in [1.807, 2.05) is 29.2 Å². The number of rotatable bonds is 5. The standard InChI is InChI=1S/C22H32N2O3/c1-22(2,26)20-7-5-18(6-8-20)3-4-19-9-11-24(12-10-19)21(25)17-23-13-15-27-16-14-23/h3-8,19,26H,9-17H2,1-2H3/b4-3+. The second kappa shape index (κ2) is 9.00. The van der Waals surface area contributed by atoms with Crippen molar-refractivity contribution in [3.05, 3.63) is 41.5 Å². The quantitative estimate of drug-likeness (QED) is 0.863. The topological polar surface area (TPSA) is 53.0 Å². The minimum atomic E-state index is -0.803. The van der Waals surface area contributed by atoms with Crippen LogP contribution in [0.2, 0.25) is 0 Å². The first-order valence-corrected chi connectivity index (χ1v) is 10.0. The maximum Gasteiger partial charge on any atom is 0.236 e. The molecule has 2 heterocycles. The molecule has 1 aromatic rings. The van der Waals surface area contributed by atoms with Gasteiger partial charge in [0.1, 0.15) is 0 Å². The van der Waals surface area contributed by atoms with Gasteiger partial charge >= 0.3 is 0 Å². The predicted molar refractivity (Wildman–Crippen MR) is 107 cm³/mol. The molecule has 5 heteroatoms. The summed E-state index contributed by atoms with van der Waals surface area (Å²) < 4.78 is 5.34. The van der Waals surface area contributed by atoms with Gasteiger partial charge < -0.3 is 14.7 Å². The molecule has 2 aliphatic heterocycles. The Kier molecular flexibility index (Phi) is 6.68. The van der Waals surface area contributed by atoms with Gasteiger partial charge in [0, 0.05) is 26.2 Å². The van der Waals surface area contributed by atoms with Crippen molar-refractivity contribution < 1.29 is 14.6 Å². The van der Waals surface area contributed by atoms with Crippen LogP contribution in [0, 0.1) is 5.92 Å². The molecule has 1 aromatic carbocycles. The Morgan fingerprint density at radius 1 is 1.15 bits per heavy atom. The van der Waals surface area contributed by atoms with E-state index in [2.05, 4.69) is 17.1 Å². The van der Waals surface area contributed by atoms with Gasteiger partial charge in [-0.05, 0) is 43.7 Å². The van der Waals surface area contributed by atoms with Crippen LogP contribution in [0.1, 0.15) is 37.8 Å². The number of hydrogen-bond acceptors (Lipinski definition) is 4. The number of benzene rings is 1. The Hall–Kier alpha value is -1.69. The lowest BCUT2D eigenvalue weighted by atomic mass is 9.94. The lowest BCUT2D eigenvalue weighted by Crippen LogP contribution is -2.46. The van der Waals surface area contributed by atoms with Gasteiger partial charge in [-0.2, -0.15) is 0 Å². The molecule has 0 saturated carbocycles. The Labute approximate surface area is 162 Å². The van der Waals surface area contributed by atoms with Crippen LogP contribution in [0.5, 0.6) is 0 Å². The first-order valence-electron chi connectivity index (χ1n) is 10.0. The zero-order chi connectivity index (χ0) is 19.3. The number of nitrogens with zero attached hydrogens (tertiary/aromatic N) is 2. The van der Waals surface area contributed by atoms with Gasteiger partial charge in [0.05, 0.1) is 25.4 Å². The predicted octanol–water partition coefficient (Wildman–Crippen LogP) is 2.50. The lowest BCUT2D eigenvalue weighted by molar-refractivity contribution is -0.134. The van der Waals surface area contributed by atoms with E-state index in [4.69, 9.17) is 4.74 Å². The SMILES string of the molecule is CC(C)(O)c1ccc(/C=C/C2CCN(C(=O)CN3CCOCC3)CC2)cc1. The summed E-state index contributed by atoms with van der Waals surface area (Å²) in [6.07, 6.45) is 6.47. The highest BCUT2D eigenvalue weighted by Crippen LogP contribution is 2.22. The van der Waals surface area contributed by atoms with Gasteiger partial charge in [0.25, 0.3) is 0 Å². The van der Waals surface area contributed by atoms with E-state index in [-0.39, 0.29) is 5.91 Å². The maximum absolute atomic E-state index is 12.5. The Morgan fingerprint density at radius 2 is 1.78 bits per heavy atom. The molecular formula is C22H32N2O3. The van der Waals surface area contributed by atoms with Crippen LogP contribution in [0.4, 0.5) is 0 Å². The van der Waals surface area contributed by atoms with Crippen molar-refractivity contribution in [3.8, 4) is 0 Å². The van der Waals surface area contributed by atoms with Crippen molar-refractivity contribution in [3.63, 3.8) is 0 Å². The van der Waals surface area contributed by atoms with Crippen molar-refractivity contribution in [2.24, 2.45) is 5.92 Å². The van der Waals surface area contributed by atoms with E-state index in [0.717, 1.165) is 63.4 Å².